The predicted molar refractivity (Wildman–Crippen MR) is 47.7 cm³/mol. The molecule has 0 unspecified atom stereocenters. The Hall–Kier alpha value is -1.04. The third-order valence-corrected chi connectivity index (χ3v) is 2.25. The van der Waals surface area contributed by atoms with Crippen LogP contribution in [-0.2, 0) is 6.18 Å². The molecule has 0 aliphatic rings. The first-order valence-electron chi connectivity index (χ1n) is 3.49. The lowest BCUT2D eigenvalue weighted by molar-refractivity contribution is -0.138. The normalized spacial score (nSPS) is 11.4. The van der Waals surface area contributed by atoms with Crippen molar-refractivity contribution < 1.29 is 18.0 Å². The van der Waals surface area contributed by atoms with Gasteiger partial charge in [0.1, 0.15) is 0 Å². The summed E-state index contributed by atoms with van der Waals surface area (Å²) >= 11 is 2.74. The Bertz CT molecular complexity index is 375. The molecule has 0 aromatic heterocycles. The standard InChI is InChI=1S/C8H5BrF3NO/c9-6-2-1-4(7(13)14)3-5(6)8(10,11)12/h1-3H,(H2,13,14). The molecule has 2 N–H and O–H groups in total. The van der Waals surface area contributed by atoms with E-state index in [9.17, 15) is 18.0 Å². The summed E-state index contributed by atoms with van der Waals surface area (Å²) in [6.07, 6.45) is -4.50. The number of halogens is 4. The average molecular weight is 268 g/mol. The van der Waals surface area contributed by atoms with Gasteiger partial charge in [0.15, 0.2) is 0 Å². The Balaban J connectivity index is 3.29. The van der Waals surface area contributed by atoms with Crippen LogP contribution in [0.4, 0.5) is 13.2 Å². The van der Waals surface area contributed by atoms with Crippen LogP contribution in [0.15, 0.2) is 22.7 Å². The number of carbonyl (C=O) groups is 1. The first-order chi connectivity index (χ1) is 6.32. The lowest BCUT2D eigenvalue weighted by atomic mass is 10.1. The van der Waals surface area contributed by atoms with Gasteiger partial charge in [-0.3, -0.25) is 4.79 Å². The van der Waals surface area contributed by atoms with E-state index in [1.54, 1.807) is 0 Å². The summed E-state index contributed by atoms with van der Waals surface area (Å²) in [4.78, 5) is 10.6. The Morgan fingerprint density at radius 2 is 1.93 bits per heavy atom. The molecule has 0 spiro atoms. The van der Waals surface area contributed by atoms with Crippen LogP contribution in [0.25, 0.3) is 0 Å². The molecule has 1 amide bonds. The molecule has 1 aromatic rings. The van der Waals surface area contributed by atoms with Crippen LogP contribution in [0.1, 0.15) is 15.9 Å². The van der Waals surface area contributed by atoms with Crippen molar-refractivity contribution in [2.24, 2.45) is 5.73 Å². The lowest BCUT2D eigenvalue weighted by Gasteiger charge is -2.09. The van der Waals surface area contributed by atoms with Crippen LogP contribution in [0, 0.1) is 0 Å². The number of hydrogen-bond acceptors (Lipinski definition) is 1. The molecular formula is C8H5BrF3NO. The second kappa shape index (κ2) is 3.61. The first kappa shape index (κ1) is 11.0. The first-order valence-corrected chi connectivity index (χ1v) is 4.28. The van der Waals surface area contributed by atoms with Gasteiger partial charge < -0.3 is 5.73 Å². The minimum absolute atomic E-state index is 0.116. The van der Waals surface area contributed by atoms with Crippen LogP contribution in [0.5, 0.6) is 0 Å². The molecule has 14 heavy (non-hydrogen) atoms. The van der Waals surface area contributed by atoms with Crippen molar-refractivity contribution in [3.8, 4) is 0 Å². The van der Waals surface area contributed by atoms with Crippen LogP contribution >= 0.6 is 15.9 Å². The quantitative estimate of drug-likeness (QED) is 0.835. The fourth-order valence-corrected chi connectivity index (χ4v) is 1.37. The maximum atomic E-state index is 12.3. The average Bonchev–Trinajstić information content (AvgIpc) is 2.02. The largest absolute Gasteiger partial charge is 0.417 e. The summed E-state index contributed by atoms with van der Waals surface area (Å²) in [7, 11) is 0. The maximum Gasteiger partial charge on any atom is 0.417 e. The van der Waals surface area contributed by atoms with E-state index in [1.807, 2.05) is 0 Å². The second-order valence-corrected chi connectivity index (χ2v) is 3.41. The van der Waals surface area contributed by atoms with Crippen LogP contribution in [0.3, 0.4) is 0 Å². The van der Waals surface area contributed by atoms with Gasteiger partial charge in [0.05, 0.1) is 5.56 Å². The van der Waals surface area contributed by atoms with Gasteiger partial charge in [-0.15, -0.1) is 0 Å². The van der Waals surface area contributed by atoms with Crippen molar-refractivity contribution in [1.82, 2.24) is 0 Å². The molecule has 0 fully saturated rings. The monoisotopic (exact) mass is 267 g/mol. The van der Waals surface area contributed by atoms with Crippen molar-refractivity contribution in [2.75, 3.05) is 0 Å². The summed E-state index contributed by atoms with van der Waals surface area (Å²) in [6, 6.07) is 3.08. The highest BCUT2D eigenvalue weighted by molar-refractivity contribution is 9.10. The number of amides is 1. The fourth-order valence-electron chi connectivity index (χ4n) is 0.896. The maximum absolute atomic E-state index is 12.3. The molecule has 0 aliphatic carbocycles. The Labute approximate surface area is 86.0 Å². The molecule has 0 heterocycles. The topological polar surface area (TPSA) is 43.1 Å². The van der Waals surface area contributed by atoms with Gasteiger partial charge in [-0.05, 0) is 18.2 Å². The molecule has 2 nitrogen and oxygen atoms in total. The van der Waals surface area contributed by atoms with Gasteiger partial charge >= 0.3 is 6.18 Å². The van der Waals surface area contributed by atoms with E-state index in [0.29, 0.717) is 6.07 Å². The fraction of sp³-hybridized carbons (Fsp3) is 0.125. The van der Waals surface area contributed by atoms with E-state index < -0.39 is 17.6 Å². The van der Waals surface area contributed by atoms with Crippen molar-refractivity contribution in [1.29, 1.82) is 0 Å². The molecule has 0 aliphatic heterocycles. The number of hydrogen-bond donors (Lipinski definition) is 1. The number of rotatable bonds is 1. The molecular weight excluding hydrogens is 263 g/mol. The Kier molecular flexibility index (Phi) is 2.84. The van der Waals surface area contributed by atoms with Crippen molar-refractivity contribution in [3.05, 3.63) is 33.8 Å². The van der Waals surface area contributed by atoms with Gasteiger partial charge in [0.2, 0.25) is 5.91 Å². The molecule has 1 rings (SSSR count). The lowest BCUT2D eigenvalue weighted by Crippen LogP contribution is -2.13. The van der Waals surface area contributed by atoms with Gasteiger partial charge in [-0.25, -0.2) is 0 Å². The number of benzene rings is 1. The molecule has 1 aromatic carbocycles. The third-order valence-electron chi connectivity index (χ3n) is 1.56. The number of nitrogens with two attached hydrogens (primary N) is 1. The molecule has 0 bridgehead atoms. The smallest absolute Gasteiger partial charge is 0.366 e. The summed E-state index contributed by atoms with van der Waals surface area (Å²) < 4.78 is 36.8. The summed E-state index contributed by atoms with van der Waals surface area (Å²) in [5.74, 6) is -0.886. The van der Waals surface area contributed by atoms with E-state index in [-0.39, 0.29) is 10.0 Å². The van der Waals surface area contributed by atoms with Gasteiger partial charge in [-0.1, -0.05) is 15.9 Å². The zero-order valence-corrected chi connectivity index (χ0v) is 8.32. The van der Waals surface area contributed by atoms with Crippen LogP contribution in [0.2, 0.25) is 0 Å². The highest BCUT2D eigenvalue weighted by Crippen LogP contribution is 2.35. The van der Waals surface area contributed by atoms with E-state index in [4.69, 9.17) is 5.73 Å². The molecule has 0 saturated carbocycles. The highest BCUT2D eigenvalue weighted by atomic mass is 79.9. The molecule has 0 atom stereocenters. The van der Waals surface area contributed by atoms with Gasteiger partial charge in [0, 0.05) is 10.0 Å². The Morgan fingerprint density at radius 3 is 2.36 bits per heavy atom. The van der Waals surface area contributed by atoms with Gasteiger partial charge in [-0.2, -0.15) is 13.2 Å². The van der Waals surface area contributed by atoms with Crippen LogP contribution in [-0.4, -0.2) is 5.91 Å². The van der Waals surface area contributed by atoms with Crippen LogP contribution < -0.4 is 5.73 Å². The highest BCUT2D eigenvalue weighted by Gasteiger charge is 2.33. The minimum Gasteiger partial charge on any atom is -0.366 e. The summed E-state index contributed by atoms with van der Waals surface area (Å²) in [6.45, 7) is 0. The van der Waals surface area contributed by atoms with Crippen molar-refractivity contribution >= 4 is 21.8 Å². The SMILES string of the molecule is NC(=O)c1ccc(Br)c(C(F)(F)F)c1. The van der Waals surface area contributed by atoms with Gasteiger partial charge in [0.25, 0.3) is 0 Å². The zero-order valence-electron chi connectivity index (χ0n) is 6.73. The second-order valence-electron chi connectivity index (χ2n) is 2.56. The zero-order chi connectivity index (χ0) is 10.9. The number of alkyl halides is 3. The summed E-state index contributed by atoms with van der Waals surface area (Å²) in [5, 5.41) is 0. The van der Waals surface area contributed by atoms with E-state index in [1.165, 1.54) is 6.07 Å². The van der Waals surface area contributed by atoms with Crippen molar-refractivity contribution in [3.63, 3.8) is 0 Å². The summed E-state index contributed by atoms with van der Waals surface area (Å²) in [5.41, 5.74) is 3.78. The Morgan fingerprint density at radius 1 is 1.36 bits per heavy atom. The predicted octanol–water partition coefficient (Wildman–Crippen LogP) is 2.57. The third kappa shape index (κ3) is 2.25. The van der Waals surface area contributed by atoms with E-state index >= 15 is 0 Å². The van der Waals surface area contributed by atoms with E-state index in [2.05, 4.69) is 15.9 Å². The molecule has 0 radical (unpaired) electrons. The van der Waals surface area contributed by atoms with E-state index in [0.717, 1.165) is 6.07 Å². The minimum atomic E-state index is -4.50. The molecule has 0 saturated heterocycles. The van der Waals surface area contributed by atoms with Crippen molar-refractivity contribution in [2.45, 2.75) is 6.18 Å². The number of carbonyl (C=O) groups excluding carboxylic acids is 1. The molecule has 6 heteroatoms. The number of primary amides is 1. The molecule has 76 valence electrons.